The van der Waals surface area contributed by atoms with Crippen molar-refractivity contribution < 1.29 is 19.1 Å². The molecule has 2 N–H and O–H groups in total. The number of carbonyl (C=O) groups excluding carboxylic acids is 2. The highest BCUT2D eigenvalue weighted by atomic mass is 35.5. The maximum absolute atomic E-state index is 12.3. The van der Waals surface area contributed by atoms with Gasteiger partial charge in [-0.05, 0) is 23.6 Å². The van der Waals surface area contributed by atoms with E-state index in [4.69, 9.17) is 21.1 Å². The molecule has 0 aliphatic carbocycles. The lowest BCUT2D eigenvalue weighted by atomic mass is 10.0. The zero-order valence-electron chi connectivity index (χ0n) is 14.1. The van der Waals surface area contributed by atoms with Crippen LogP contribution in [0.3, 0.4) is 0 Å². The molecule has 6 nitrogen and oxygen atoms in total. The van der Waals surface area contributed by atoms with Gasteiger partial charge in [-0.2, -0.15) is 0 Å². The molecule has 0 radical (unpaired) electrons. The summed E-state index contributed by atoms with van der Waals surface area (Å²) in [5.41, 5.74) is 0.808. The van der Waals surface area contributed by atoms with Gasteiger partial charge in [0.2, 0.25) is 11.8 Å². The van der Waals surface area contributed by atoms with Crippen LogP contribution in [0.2, 0.25) is 5.02 Å². The highest BCUT2D eigenvalue weighted by Gasteiger charge is 2.23. The predicted molar refractivity (Wildman–Crippen MR) is 91.3 cm³/mol. The Labute approximate surface area is 146 Å². The van der Waals surface area contributed by atoms with Gasteiger partial charge in [-0.1, -0.05) is 25.4 Å². The summed E-state index contributed by atoms with van der Waals surface area (Å²) < 4.78 is 11.2. The number of nitrogens with one attached hydrogen (secondary N) is 2. The maximum atomic E-state index is 12.3. The van der Waals surface area contributed by atoms with E-state index in [0.717, 1.165) is 12.0 Å². The highest BCUT2D eigenvalue weighted by Crippen LogP contribution is 2.37. The molecule has 0 fully saturated rings. The number of hydrogen-bond donors (Lipinski definition) is 2. The summed E-state index contributed by atoms with van der Waals surface area (Å²) in [6, 6.07) is 2.99. The van der Waals surface area contributed by atoms with Crippen LogP contribution in [0.1, 0.15) is 32.8 Å². The summed E-state index contributed by atoms with van der Waals surface area (Å²) in [6.07, 6.45) is 0.795. The van der Waals surface area contributed by atoms with Crippen LogP contribution < -0.4 is 20.1 Å². The third kappa shape index (κ3) is 4.77. The van der Waals surface area contributed by atoms with E-state index in [1.807, 2.05) is 19.9 Å². The van der Waals surface area contributed by atoms with Crippen LogP contribution >= 0.6 is 11.6 Å². The van der Waals surface area contributed by atoms with Gasteiger partial charge in [0, 0.05) is 19.9 Å². The van der Waals surface area contributed by atoms with Gasteiger partial charge in [0.05, 0.1) is 18.2 Å². The Morgan fingerprint density at radius 2 is 1.96 bits per heavy atom. The highest BCUT2D eigenvalue weighted by molar-refractivity contribution is 6.32. The average molecular weight is 355 g/mol. The smallest absolute Gasteiger partial charge is 0.243 e. The third-order valence-electron chi connectivity index (χ3n) is 3.64. The first-order valence-corrected chi connectivity index (χ1v) is 8.39. The topological polar surface area (TPSA) is 76.7 Å². The van der Waals surface area contributed by atoms with Gasteiger partial charge >= 0.3 is 0 Å². The SMILES string of the molecule is CC(=O)NC(C(=O)NCc1cc(Cl)c2c(c1)OCCCO2)C(C)C. The molecule has 0 spiro atoms. The van der Waals surface area contributed by atoms with E-state index in [9.17, 15) is 9.59 Å². The molecule has 1 aromatic carbocycles. The molecule has 1 aliphatic heterocycles. The Hall–Kier alpha value is -1.95. The number of carbonyl (C=O) groups is 2. The fourth-order valence-corrected chi connectivity index (χ4v) is 2.73. The summed E-state index contributed by atoms with van der Waals surface area (Å²) in [5.74, 6) is 0.654. The lowest BCUT2D eigenvalue weighted by Gasteiger charge is -2.21. The van der Waals surface area contributed by atoms with Crippen LogP contribution in [0.5, 0.6) is 11.5 Å². The number of ether oxygens (including phenoxy) is 2. The standard InChI is InChI=1S/C17H23ClN2O4/c1-10(2)15(20-11(3)21)17(22)19-9-12-7-13(18)16-14(8-12)23-5-4-6-24-16/h7-8,10,15H,4-6,9H2,1-3H3,(H,19,22)(H,20,21). The number of rotatable bonds is 5. The van der Waals surface area contributed by atoms with E-state index < -0.39 is 6.04 Å². The minimum absolute atomic E-state index is 0.0127. The molecule has 7 heteroatoms. The molecular formula is C17H23ClN2O4. The van der Waals surface area contributed by atoms with Crippen molar-refractivity contribution in [3.63, 3.8) is 0 Å². The number of amides is 2. The Morgan fingerprint density at radius 1 is 1.25 bits per heavy atom. The largest absolute Gasteiger partial charge is 0.489 e. The van der Waals surface area contributed by atoms with Crippen molar-refractivity contribution in [3.8, 4) is 11.5 Å². The van der Waals surface area contributed by atoms with Crippen molar-refractivity contribution in [2.24, 2.45) is 5.92 Å². The van der Waals surface area contributed by atoms with Crippen LogP contribution in [-0.4, -0.2) is 31.1 Å². The van der Waals surface area contributed by atoms with Crippen molar-refractivity contribution >= 4 is 23.4 Å². The minimum Gasteiger partial charge on any atom is -0.489 e. The normalized spacial score (nSPS) is 14.7. The first kappa shape index (κ1) is 18.4. The van der Waals surface area contributed by atoms with E-state index in [2.05, 4.69) is 10.6 Å². The summed E-state index contributed by atoms with van der Waals surface area (Å²) in [6.45, 7) is 6.58. The van der Waals surface area contributed by atoms with Gasteiger partial charge in [0.1, 0.15) is 6.04 Å². The molecule has 24 heavy (non-hydrogen) atoms. The fraction of sp³-hybridized carbons (Fsp3) is 0.529. The Morgan fingerprint density at radius 3 is 2.62 bits per heavy atom. The van der Waals surface area contributed by atoms with Crippen molar-refractivity contribution in [3.05, 3.63) is 22.7 Å². The van der Waals surface area contributed by atoms with Crippen molar-refractivity contribution in [2.45, 2.75) is 39.8 Å². The molecule has 1 aromatic rings. The molecule has 2 rings (SSSR count). The van der Waals surface area contributed by atoms with Gasteiger partial charge in [0.25, 0.3) is 0 Å². The first-order chi connectivity index (χ1) is 11.4. The zero-order chi connectivity index (χ0) is 17.7. The number of benzene rings is 1. The average Bonchev–Trinajstić information content (AvgIpc) is 2.75. The molecular weight excluding hydrogens is 332 g/mol. The molecule has 1 aliphatic rings. The lowest BCUT2D eigenvalue weighted by Crippen LogP contribution is -2.48. The monoisotopic (exact) mass is 354 g/mol. The van der Waals surface area contributed by atoms with Crippen molar-refractivity contribution in [1.29, 1.82) is 0 Å². The number of halogens is 1. The second-order valence-corrected chi connectivity index (χ2v) is 6.50. The van der Waals surface area contributed by atoms with Crippen LogP contribution in [0, 0.1) is 5.92 Å². The molecule has 0 saturated heterocycles. The van der Waals surface area contributed by atoms with Gasteiger partial charge in [-0.25, -0.2) is 0 Å². The lowest BCUT2D eigenvalue weighted by molar-refractivity contribution is -0.129. The van der Waals surface area contributed by atoms with Crippen molar-refractivity contribution in [2.75, 3.05) is 13.2 Å². The molecule has 0 bridgehead atoms. The maximum Gasteiger partial charge on any atom is 0.243 e. The van der Waals surface area contributed by atoms with E-state index in [0.29, 0.717) is 29.7 Å². The van der Waals surface area contributed by atoms with Crippen LogP contribution in [0.4, 0.5) is 0 Å². The van der Waals surface area contributed by atoms with Gasteiger partial charge in [-0.15, -0.1) is 0 Å². The van der Waals surface area contributed by atoms with Crippen molar-refractivity contribution in [1.82, 2.24) is 10.6 Å². The molecule has 0 aromatic heterocycles. The summed E-state index contributed by atoms with van der Waals surface area (Å²) in [7, 11) is 0. The Balaban J connectivity index is 2.06. The quantitative estimate of drug-likeness (QED) is 0.850. The fourth-order valence-electron chi connectivity index (χ4n) is 2.44. The first-order valence-electron chi connectivity index (χ1n) is 8.01. The predicted octanol–water partition coefficient (Wildman–Crippen LogP) is 2.28. The molecule has 0 saturated carbocycles. The van der Waals surface area contributed by atoms with Gasteiger partial charge < -0.3 is 20.1 Å². The Kier molecular flexibility index (Phi) is 6.31. The number of hydrogen-bond acceptors (Lipinski definition) is 4. The van der Waals surface area contributed by atoms with E-state index in [1.54, 1.807) is 6.07 Å². The van der Waals surface area contributed by atoms with Crippen LogP contribution in [0.25, 0.3) is 0 Å². The molecule has 1 unspecified atom stereocenters. The molecule has 132 valence electrons. The summed E-state index contributed by atoms with van der Waals surface area (Å²) >= 11 is 6.24. The molecule has 1 atom stereocenters. The van der Waals surface area contributed by atoms with E-state index in [-0.39, 0.29) is 24.3 Å². The summed E-state index contributed by atoms with van der Waals surface area (Å²) in [5, 5.41) is 5.95. The molecule has 2 amide bonds. The van der Waals surface area contributed by atoms with E-state index >= 15 is 0 Å². The Bertz CT molecular complexity index is 619. The van der Waals surface area contributed by atoms with E-state index in [1.165, 1.54) is 6.92 Å². The molecule has 1 heterocycles. The van der Waals surface area contributed by atoms with Crippen LogP contribution in [0.15, 0.2) is 12.1 Å². The number of fused-ring (bicyclic) bond motifs is 1. The van der Waals surface area contributed by atoms with Crippen LogP contribution in [-0.2, 0) is 16.1 Å². The second kappa shape index (κ2) is 8.24. The zero-order valence-corrected chi connectivity index (χ0v) is 14.9. The third-order valence-corrected chi connectivity index (χ3v) is 3.92. The van der Waals surface area contributed by atoms with Gasteiger partial charge in [-0.3, -0.25) is 9.59 Å². The summed E-state index contributed by atoms with van der Waals surface area (Å²) in [4.78, 5) is 23.5. The minimum atomic E-state index is -0.571. The van der Waals surface area contributed by atoms with Gasteiger partial charge in [0.15, 0.2) is 11.5 Å². The second-order valence-electron chi connectivity index (χ2n) is 6.10.